The van der Waals surface area contributed by atoms with Crippen LogP contribution >= 0.6 is 11.8 Å². The van der Waals surface area contributed by atoms with Gasteiger partial charge in [0.1, 0.15) is 0 Å². The van der Waals surface area contributed by atoms with Crippen molar-refractivity contribution in [3.63, 3.8) is 0 Å². The first-order valence-electron chi connectivity index (χ1n) is 8.06. The van der Waals surface area contributed by atoms with Gasteiger partial charge in [-0.15, -0.1) is 0 Å². The van der Waals surface area contributed by atoms with Gasteiger partial charge >= 0.3 is 0 Å². The minimum absolute atomic E-state index is 0.188. The van der Waals surface area contributed by atoms with E-state index < -0.39 is 6.10 Å². The van der Waals surface area contributed by atoms with Crippen molar-refractivity contribution in [2.75, 3.05) is 37.7 Å². The van der Waals surface area contributed by atoms with Crippen LogP contribution in [0.15, 0.2) is 30.3 Å². The van der Waals surface area contributed by atoms with Crippen molar-refractivity contribution in [3.8, 4) is 0 Å². The normalized spacial score (nSPS) is 24.7. The number of rotatable bonds is 5. The van der Waals surface area contributed by atoms with Crippen molar-refractivity contribution in [3.05, 3.63) is 35.9 Å². The second-order valence-electron chi connectivity index (χ2n) is 6.09. The molecule has 3 rings (SSSR count). The third-order valence-corrected chi connectivity index (χ3v) is 5.49. The molecule has 1 aromatic rings. The van der Waals surface area contributed by atoms with Gasteiger partial charge in [0.25, 0.3) is 0 Å². The van der Waals surface area contributed by atoms with Crippen molar-refractivity contribution < 1.29 is 9.90 Å². The number of amides is 1. The van der Waals surface area contributed by atoms with E-state index in [1.165, 1.54) is 5.56 Å². The number of benzene rings is 1. The molecule has 0 aliphatic carbocycles. The van der Waals surface area contributed by atoms with Crippen molar-refractivity contribution in [1.29, 1.82) is 0 Å². The van der Waals surface area contributed by atoms with E-state index in [-0.39, 0.29) is 5.91 Å². The van der Waals surface area contributed by atoms with Gasteiger partial charge in [0.05, 0.1) is 6.10 Å². The maximum Gasteiger partial charge on any atom is 0.222 e. The Labute approximate surface area is 136 Å². The number of hydrogen-bond acceptors (Lipinski definition) is 4. The first-order valence-corrected chi connectivity index (χ1v) is 9.22. The fourth-order valence-corrected chi connectivity index (χ4v) is 4.48. The van der Waals surface area contributed by atoms with Crippen molar-refractivity contribution in [1.82, 2.24) is 9.80 Å². The highest BCUT2D eigenvalue weighted by Crippen LogP contribution is 2.29. The van der Waals surface area contributed by atoms with Crippen molar-refractivity contribution in [2.45, 2.75) is 25.0 Å². The van der Waals surface area contributed by atoms with Gasteiger partial charge < -0.3 is 10.0 Å². The fraction of sp³-hybridized carbons (Fsp3) is 0.588. The summed E-state index contributed by atoms with van der Waals surface area (Å²) in [6, 6.07) is 10.9. The molecule has 0 aromatic heterocycles. The molecule has 2 aliphatic heterocycles. The molecule has 1 amide bonds. The summed E-state index contributed by atoms with van der Waals surface area (Å²) in [5.41, 5.74) is 1.32. The van der Waals surface area contributed by atoms with Crippen molar-refractivity contribution >= 4 is 17.7 Å². The van der Waals surface area contributed by atoms with Crippen LogP contribution < -0.4 is 0 Å². The molecule has 2 aliphatic rings. The molecule has 2 fully saturated rings. The molecule has 2 saturated heterocycles. The summed E-state index contributed by atoms with van der Waals surface area (Å²) >= 11 is 1.97. The molecule has 2 atom stereocenters. The third kappa shape index (κ3) is 3.83. The molecule has 120 valence electrons. The third-order valence-electron chi connectivity index (χ3n) is 4.47. The maximum absolute atomic E-state index is 11.7. The zero-order valence-corrected chi connectivity index (χ0v) is 13.7. The molecule has 5 heteroatoms. The molecule has 22 heavy (non-hydrogen) atoms. The number of aliphatic hydroxyl groups excluding tert-OH is 1. The maximum atomic E-state index is 11.7. The van der Waals surface area contributed by atoms with Crippen LogP contribution in [-0.2, 0) is 4.79 Å². The fourth-order valence-electron chi connectivity index (χ4n) is 3.32. The van der Waals surface area contributed by atoms with Crippen LogP contribution in [-0.4, -0.2) is 64.6 Å². The van der Waals surface area contributed by atoms with E-state index in [4.69, 9.17) is 0 Å². The van der Waals surface area contributed by atoms with Crippen LogP contribution in [0.3, 0.4) is 0 Å². The highest BCUT2D eigenvalue weighted by molar-refractivity contribution is 7.99. The standard InChI is InChI=1S/C17H24N2O2S/c20-15(12-19-8-4-7-17(19)21)11-18-9-10-22-13-16(18)14-5-2-1-3-6-14/h1-3,5-6,15-16,20H,4,7-13H2. The van der Waals surface area contributed by atoms with Gasteiger partial charge in [-0.05, 0) is 12.0 Å². The Morgan fingerprint density at radius 3 is 2.77 bits per heavy atom. The van der Waals surface area contributed by atoms with E-state index in [9.17, 15) is 9.90 Å². The smallest absolute Gasteiger partial charge is 0.222 e. The molecular weight excluding hydrogens is 296 g/mol. The summed E-state index contributed by atoms with van der Waals surface area (Å²) in [6.07, 6.45) is 1.11. The summed E-state index contributed by atoms with van der Waals surface area (Å²) < 4.78 is 0. The Kier molecular flexibility index (Phi) is 5.39. The van der Waals surface area contributed by atoms with Gasteiger partial charge in [-0.25, -0.2) is 0 Å². The Morgan fingerprint density at radius 2 is 2.05 bits per heavy atom. The highest BCUT2D eigenvalue weighted by atomic mass is 32.2. The molecule has 1 aromatic carbocycles. The average molecular weight is 320 g/mol. The Bertz CT molecular complexity index is 497. The zero-order valence-electron chi connectivity index (χ0n) is 12.9. The summed E-state index contributed by atoms with van der Waals surface area (Å²) in [7, 11) is 0. The Hall–Kier alpha value is -1.04. The predicted octanol–water partition coefficient (Wildman–Crippen LogP) is 1.76. The number of hydrogen-bond donors (Lipinski definition) is 1. The molecule has 0 radical (unpaired) electrons. The van der Waals surface area contributed by atoms with Gasteiger partial charge in [0.2, 0.25) is 5.91 Å². The molecular formula is C17H24N2O2S. The first kappa shape index (κ1) is 15.8. The van der Waals surface area contributed by atoms with Crippen LogP contribution in [0.5, 0.6) is 0 Å². The monoisotopic (exact) mass is 320 g/mol. The highest BCUT2D eigenvalue weighted by Gasteiger charge is 2.28. The summed E-state index contributed by atoms with van der Waals surface area (Å²) in [6.45, 7) is 2.91. The zero-order chi connectivity index (χ0) is 15.4. The lowest BCUT2D eigenvalue weighted by Crippen LogP contribution is -2.45. The van der Waals surface area contributed by atoms with Gasteiger partial charge in [-0.1, -0.05) is 30.3 Å². The number of aliphatic hydroxyl groups is 1. The van der Waals surface area contributed by atoms with Crippen molar-refractivity contribution in [2.24, 2.45) is 0 Å². The Balaban J connectivity index is 1.60. The summed E-state index contributed by atoms with van der Waals surface area (Å²) in [5, 5.41) is 10.4. The number of carbonyl (C=O) groups excluding carboxylic acids is 1. The number of thioether (sulfide) groups is 1. The van der Waals surface area contributed by atoms with E-state index in [0.717, 1.165) is 31.0 Å². The minimum atomic E-state index is -0.462. The van der Waals surface area contributed by atoms with E-state index in [2.05, 4.69) is 29.2 Å². The van der Waals surface area contributed by atoms with Crippen LogP contribution in [0, 0.1) is 0 Å². The van der Waals surface area contributed by atoms with Gasteiger partial charge in [-0.3, -0.25) is 9.69 Å². The molecule has 0 spiro atoms. The van der Waals surface area contributed by atoms with Gasteiger partial charge in [0, 0.05) is 50.1 Å². The number of nitrogens with zero attached hydrogens (tertiary/aromatic N) is 2. The van der Waals surface area contributed by atoms with E-state index in [1.54, 1.807) is 4.90 Å². The lowest BCUT2D eigenvalue weighted by molar-refractivity contribution is -0.129. The first-order chi connectivity index (χ1) is 10.7. The Morgan fingerprint density at radius 1 is 1.23 bits per heavy atom. The topological polar surface area (TPSA) is 43.8 Å². The predicted molar refractivity (Wildman–Crippen MR) is 89.9 cm³/mol. The van der Waals surface area contributed by atoms with E-state index in [1.807, 2.05) is 17.8 Å². The molecule has 1 N–H and O–H groups in total. The average Bonchev–Trinajstić information content (AvgIpc) is 2.94. The largest absolute Gasteiger partial charge is 0.390 e. The lowest BCUT2D eigenvalue weighted by Gasteiger charge is -2.37. The van der Waals surface area contributed by atoms with Crippen LogP contribution in [0.25, 0.3) is 0 Å². The molecule has 4 nitrogen and oxygen atoms in total. The molecule has 2 unspecified atom stereocenters. The lowest BCUT2D eigenvalue weighted by atomic mass is 10.1. The SMILES string of the molecule is O=C1CCCN1CC(O)CN1CCSCC1c1ccccc1. The second-order valence-corrected chi connectivity index (χ2v) is 7.24. The summed E-state index contributed by atoms with van der Waals surface area (Å²) in [5.74, 6) is 2.37. The van der Waals surface area contributed by atoms with Crippen LogP contribution in [0.4, 0.5) is 0 Å². The minimum Gasteiger partial charge on any atom is -0.390 e. The number of carbonyl (C=O) groups is 1. The van der Waals surface area contributed by atoms with Gasteiger partial charge in [0.15, 0.2) is 0 Å². The number of likely N-dealkylation sites (tertiary alicyclic amines) is 1. The van der Waals surface area contributed by atoms with Gasteiger partial charge in [-0.2, -0.15) is 11.8 Å². The molecule has 0 bridgehead atoms. The number of β-amino-alcohol motifs (C(OH)–C–C–N with tert-alkyl or cyclic N) is 1. The van der Waals surface area contributed by atoms with E-state index in [0.29, 0.717) is 25.6 Å². The van der Waals surface area contributed by atoms with E-state index >= 15 is 0 Å². The van der Waals surface area contributed by atoms with Crippen LogP contribution in [0.1, 0.15) is 24.4 Å². The van der Waals surface area contributed by atoms with Crippen LogP contribution in [0.2, 0.25) is 0 Å². The second kappa shape index (κ2) is 7.49. The molecule has 2 heterocycles. The quantitative estimate of drug-likeness (QED) is 0.898. The molecule has 0 saturated carbocycles. The summed E-state index contributed by atoms with van der Waals surface area (Å²) in [4.78, 5) is 15.9.